The zero-order valence-electron chi connectivity index (χ0n) is 6.37. The normalized spacial score (nSPS) is 12.3. The smallest absolute Gasteiger partial charge is 0.165 e. The molecule has 1 aromatic carbocycles. The second-order valence-electron chi connectivity index (χ2n) is 2.23. The van der Waals surface area contributed by atoms with Crippen LogP contribution >= 0.6 is 15.9 Å². The Bertz CT molecular complexity index is 284. The van der Waals surface area contributed by atoms with Crippen molar-refractivity contribution in [3.8, 4) is 0 Å². The van der Waals surface area contributed by atoms with E-state index in [2.05, 4.69) is 15.9 Å². The van der Waals surface area contributed by atoms with E-state index in [0.29, 0.717) is 0 Å². The predicted molar refractivity (Wildman–Crippen MR) is 53.6 cm³/mol. The van der Waals surface area contributed by atoms with Gasteiger partial charge in [0.05, 0.1) is 0 Å². The van der Waals surface area contributed by atoms with Crippen LogP contribution in [0.25, 0.3) is 6.08 Å². The first kappa shape index (κ1) is 9.20. The van der Waals surface area contributed by atoms with Crippen LogP contribution in [0.4, 0.5) is 4.39 Å². The SMILES string of the molecule is FC(Br)=C/C=C/c1ccccc1. The molecule has 2 heteroatoms. The van der Waals surface area contributed by atoms with Gasteiger partial charge >= 0.3 is 0 Å². The Morgan fingerprint density at radius 2 is 1.92 bits per heavy atom. The molecule has 0 fully saturated rings. The Morgan fingerprint density at radius 3 is 2.50 bits per heavy atom. The lowest BCUT2D eigenvalue weighted by atomic mass is 10.2. The number of halogens is 2. The van der Waals surface area contributed by atoms with E-state index in [0.717, 1.165) is 5.56 Å². The standard InChI is InChI=1S/C10H8BrF/c11-10(12)8-4-7-9-5-2-1-3-6-9/h1-8H/b7-4+,10-8?. The number of rotatable bonds is 2. The van der Waals surface area contributed by atoms with Gasteiger partial charge in [0.2, 0.25) is 0 Å². The minimum absolute atomic E-state index is 0.366. The van der Waals surface area contributed by atoms with Gasteiger partial charge in [-0.1, -0.05) is 42.5 Å². The molecule has 0 saturated heterocycles. The number of allylic oxidation sites excluding steroid dienone is 2. The van der Waals surface area contributed by atoms with Crippen LogP contribution in [-0.4, -0.2) is 0 Å². The summed E-state index contributed by atoms with van der Waals surface area (Å²) in [4.78, 5) is 0. The minimum atomic E-state index is -0.366. The van der Waals surface area contributed by atoms with Crippen LogP contribution in [0.5, 0.6) is 0 Å². The van der Waals surface area contributed by atoms with E-state index in [1.807, 2.05) is 36.4 Å². The molecule has 0 N–H and O–H groups in total. The molecule has 0 amide bonds. The van der Waals surface area contributed by atoms with Crippen LogP contribution in [0.3, 0.4) is 0 Å². The van der Waals surface area contributed by atoms with Crippen LogP contribution < -0.4 is 0 Å². The molecule has 0 nitrogen and oxygen atoms in total. The Labute approximate surface area is 79.5 Å². The van der Waals surface area contributed by atoms with Crippen LogP contribution in [0, 0.1) is 0 Å². The first-order chi connectivity index (χ1) is 5.79. The van der Waals surface area contributed by atoms with Crippen LogP contribution in [-0.2, 0) is 0 Å². The molecule has 0 aliphatic carbocycles. The lowest BCUT2D eigenvalue weighted by Gasteiger charge is -1.87. The van der Waals surface area contributed by atoms with Gasteiger partial charge in [0.1, 0.15) is 0 Å². The highest BCUT2D eigenvalue weighted by Gasteiger charge is 1.81. The molecule has 12 heavy (non-hydrogen) atoms. The summed E-state index contributed by atoms with van der Waals surface area (Å²) < 4.78 is 11.8. The fourth-order valence-electron chi connectivity index (χ4n) is 0.796. The molecule has 0 aliphatic heterocycles. The fraction of sp³-hybridized carbons (Fsp3) is 0. The molecular weight excluding hydrogens is 219 g/mol. The van der Waals surface area contributed by atoms with Crippen LogP contribution in [0.1, 0.15) is 5.56 Å². The van der Waals surface area contributed by atoms with Gasteiger partial charge in [0.25, 0.3) is 0 Å². The van der Waals surface area contributed by atoms with Crippen LogP contribution in [0.2, 0.25) is 0 Å². The first-order valence-corrected chi connectivity index (χ1v) is 4.33. The van der Waals surface area contributed by atoms with Gasteiger partial charge in [-0.2, -0.15) is 4.39 Å². The highest BCUT2D eigenvalue weighted by molar-refractivity contribution is 9.11. The average molecular weight is 227 g/mol. The topological polar surface area (TPSA) is 0 Å². The molecule has 0 radical (unpaired) electrons. The van der Waals surface area contributed by atoms with Crippen molar-refractivity contribution in [1.29, 1.82) is 0 Å². The summed E-state index contributed by atoms with van der Waals surface area (Å²) in [5, 5.41) is 0. The third kappa shape index (κ3) is 3.49. The largest absolute Gasteiger partial charge is 0.199 e. The number of hydrogen-bond donors (Lipinski definition) is 0. The average Bonchev–Trinajstić information content (AvgIpc) is 2.05. The number of hydrogen-bond acceptors (Lipinski definition) is 0. The summed E-state index contributed by atoms with van der Waals surface area (Å²) in [7, 11) is 0. The lowest BCUT2D eigenvalue weighted by molar-refractivity contribution is 0.705. The zero-order valence-corrected chi connectivity index (χ0v) is 7.96. The van der Waals surface area contributed by atoms with Crippen molar-refractivity contribution in [2.75, 3.05) is 0 Å². The molecule has 0 bridgehead atoms. The minimum Gasteiger partial charge on any atom is -0.199 e. The summed E-state index contributed by atoms with van der Waals surface area (Å²) in [6, 6.07) is 9.73. The summed E-state index contributed by atoms with van der Waals surface area (Å²) in [5.74, 6) is 0. The Balaban J connectivity index is 2.64. The van der Waals surface area contributed by atoms with E-state index < -0.39 is 0 Å². The summed E-state index contributed by atoms with van der Waals surface area (Å²) in [6.45, 7) is 0. The van der Waals surface area contributed by atoms with E-state index in [9.17, 15) is 4.39 Å². The highest BCUT2D eigenvalue weighted by Crippen LogP contribution is 2.06. The molecule has 1 rings (SSSR count). The molecule has 0 unspecified atom stereocenters. The molecule has 0 saturated carbocycles. The van der Waals surface area contributed by atoms with Gasteiger partial charge < -0.3 is 0 Å². The first-order valence-electron chi connectivity index (χ1n) is 3.53. The van der Waals surface area contributed by atoms with Gasteiger partial charge in [-0.05, 0) is 27.6 Å². The molecule has 0 spiro atoms. The molecule has 0 heterocycles. The Morgan fingerprint density at radius 1 is 1.25 bits per heavy atom. The van der Waals surface area contributed by atoms with Crippen molar-refractivity contribution in [1.82, 2.24) is 0 Å². The van der Waals surface area contributed by atoms with Crippen molar-refractivity contribution in [2.45, 2.75) is 0 Å². The second kappa shape index (κ2) is 4.88. The van der Waals surface area contributed by atoms with E-state index in [4.69, 9.17) is 0 Å². The maximum absolute atomic E-state index is 12.1. The molecule has 62 valence electrons. The zero-order chi connectivity index (χ0) is 8.81. The molecule has 0 aliphatic rings. The van der Waals surface area contributed by atoms with E-state index in [1.165, 1.54) is 6.08 Å². The van der Waals surface area contributed by atoms with Gasteiger partial charge in [-0.25, -0.2) is 0 Å². The fourth-order valence-corrected chi connectivity index (χ4v) is 0.949. The van der Waals surface area contributed by atoms with Gasteiger partial charge in [0, 0.05) is 0 Å². The summed E-state index contributed by atoms with van der Waals surface area (Å²) in [5.41, 5.74) is 1.06. The monoisotopic (exact) mass is 226 g/mol. The lowest BCUT2D eigenvalue weighted by Crippen LogP contribution is -1.66. The van der Waals surface area contributed by atoms with Gasteiger partial charge in [0.15, 0.2) is 4.74 Å². The predicted octanol–water partition coefficient (Wildman–Crippen LogP) is 3.91. The van der Waals surface area contributed by atoms with Crippen LogP contribution in [0.15, 0.2) is 47.2 Å². The van der Waals surface area contributed by atoms with Crippen molar-refractivity contribution < 1.29 is 4.39 Å². The van der Waals surface area contributed by atoms with Crippen molar-refractivity contribution >= 4 is 22.0 Å². The number of benzene rings is 1. The van der Waals surface area contributed by atoms with Gasteiger partial charge in [-0.15, -0.1) is 0 Å². The van der Waals surface area contributed by atoms with E-state index in [-0.39, 0.29) is 4.74 Å². The second-order valence-corrected chi connectivity index (χ2v) is 2.98. The third-order valence-electron chi connectivity index (χ3n) is 1.31. The van der Waals surface area contributed by atoms with Crippen molar-refractivity contribution in [3.63, 3.8) is 0 Å². The summed E-state index contributed by atoms with van der Waals surface area (Å²) in [6.07, 6.45) is 4.84. The maximum Gasteiger partial charge on any atom is 0.165 e. The van der Waals surface area contributed by atoms with Gasteiger partial charge in [-0.3, -0.25) is 0 Å². The molecule has 0 atom stereocenters. The quantitative estimate of drug-likeness (QED) is 0.672. The molecule has 0 aromatic heterocycles. The van der Waals surface area contributed by atoms with Crippen molar-refractivity contribution in [3.05, 3.63) is 52.8 Å². The third-order valence-corrected chi connectivity index (χ3v) is 1.57. The van der Waals surface area contributed by atoms with Crippen molar-refractivity contribution in [2.24, 2.45) is 0 Å². The molecule has 1 aromatic rings. The van der Waals surface area contributed by atoms with E-state index in [1.54, 1.807) is 6.08 Å². The Kier molecular flexibility index (Phi) is 3.74. The highest BCUT2D eigenvalue weighted by atomic mass is 79.9. The molecular formula is C10H8BrF. The summed E-state index contributed by atoms with van der Waals surface area (Å²) >= 11 is 2.69. The maximum atomic E-state index is 12.1. The Hall–Kier alpha value is -0.890. The van der Waals surface area contributed by atoms with E-state index >= 15 is 0 Å².